The molecule has 1 atom stereocenters. The van der Waals surface area contributed by atoms with Crippen molar-refractivity contribution in [2.75, 3.05) is 19.8 Å². The first-order valence-corrected chi connectivity index (χ1v) is 6.98. The van der Waals surface area contributed by atoms with Crippen LogP contribution in [0.15, 0.2) is 0 Å². The van der Waals surface area contributed by atoms with Gasteiger partial charge in [0.15, 0.2) is 0 Å². The number of rotatable bonds is 11. The molecule has 0 aromatic rings. The van der Waals surface area contributed by atoms with Gasteiger partial charge in [0, 0.05) is 13.2 Å². The highest BCUT2D eigenvalue weighted by Gasteiger charge is 2.31. The summed E-state index contributed by atoms with van der Waals surface area (Å²) in [6.45, 7) is 10.3. The number of carboxylic acid groups (broad SMARTS) is 1. The van der Waals surface area contributed by atoms with E-state index in [0.29, 0.717) is 12.3 Å². The summed E-state index contributed by atoms with van der Waals surface area (Å²) in [5.41, 5.74) is -0.798. The maximum absolute atomic E-state index is 11.2. The van der Waals surface area contributed by atoms with Crippen LogP contribution in [0.5, 0.6) is 0 Å². The van der Waals surface area contributed by atoms with Crippen LogP contribution in [-0.2, 0) is 9.53 Å². The number of carbonyl (C=O) groups is 1. The van der Waals surface area contributed by atoms with Gasteiger partial charge in [0.2, 0.25) is 0 Å². The van der Waals surface area contributed by atoms with Gasteiger partial charge in [-0.3, -0.25) is 4.79 Å². The molecule has 0 fully saturated rings. The number of hydrogen-bond donors (Lipinski definition) is 2. The van der Waals surface area contributed by atoms with E-state index in [-0.39, 0.29) is 0 Å². The molecule has 0 rings (SSSR count). The Morgan fingerprint density at radius 3 is 2.56 bits per heavy atom. The minimum atomic E-state index is -0.798. The van der Waals surface area contributed by atoms with Crippen LogP contribution in [0.2, 0.25) is 0 Å². The summed E-state index contributed by atoms with van der Waals surface area (Å²) in [5, 5.41) is 12.4. The van der Waals surface area contributed by atoms with Crippen molar-refractivity contribution in [1.29, 1.82) is 0 Å². The van der Waals surface area contributed by atoms with Crippen molar-refractivity contribution in [2.24, 2.45) is 5.92 Å². The Kier molecular flexibility index (Phi) is 9.02. The zero-order chi connectivity index (χ0) is 14.0. The molecule has 18 heavy (non-hydrogen) atoms. The number of ether oxygens (including phenoxy) is 1. The van der Waals surface area contributed by atoms with Crippen molar-refractivity contribution in [3.63, 3.8) is 0 Å². The summed E-state index contributed by atoms with van der Waals surface area (Å²) in [5.74, 6) is -0.209. The Balaban J connectivity index is 3.80. The Bertz CT molecular complexity index is 231. The fourth-order valence-corrected chi connectivity index (χ4v) is 1.67. The molecule has 0 aromatic carbocycles. The van der Waals surface area contributed by atoms with Crippen molar-refractivity contribution in [3.05, 3.63) is 0 Å². The SMILES string of the molecule is CCCNC(C)(CCCCOCC(C)C)C(=O)O. The molecule has 0 bridgehead atoms. The Labute approximate surface area is 111 Å². The second-order valence-electron chi connectivity index (χ2n) is 5.49. The molecule has 0 aliphatic carbocycles. The summed E-state index contributed by atoms with van der Waals surface area (Å²) in [7, 11) is 0. The van der Waals surface area contributed by atoms with E-state index in [1.807, 2.05) is 6.92 Å². The quantitative estimate of drug-likeness (QED) is 0.560. The lowest BCUT2D eigenvalue weighted by atomic mass is 9.95. The first-order chi connectivity index (χ1) is 8.42. The van der Waals surface area contributed by atoms with Crippen LogP contribution in [0, 0.1) is 5.92 Å². The van der Waals surface area contributed by atoms with Crippen molar-refractivity contribution < 1.29 is 14.6 Å². The average Bonchev–Trinajstić information content (AvgIpc) is 2.30. The van der Waals surface area contributed by atoms with E-state index in [1.165, 1.54) is 0 Å². The van der Waals surface area contributed by atoms with Gasteiger partial charge in [-0.25, -0.2) is 0 Å². The highest BCUT2D eigenvalue weighted by Crippen LogP contribution is 2.14. The summed E-state index contributed by atoms with van der Waals surface area (Å²) in [4.78, 5) is 11.2. The fraction of sp³-hybridized carbons (Fsp3) is 0.929. The first kappa shape index (κ1) is 17.4. The second kappa shape index (κ2) is 9.34. The number of aliphatic carboxylic acids is 1. The monoisotopic (exact) mass is 259 g/mol. The van der Waals surface area contributed by atoms with Crippen LogP contribution in [-0.4, -0.2) is 36.4 Å². The Morgan fingerprint density at radius 1 is 1.39 bits per heavy atom. The number of nitrogens with one attached hydrogen (secondary N) is 1. The van der Waals surface area contributed by atoms with Crippen LogP contribution in [0.3, 0.4) is 0 Å². The fourth-order valence-electron chi connectivity index (χ4n) is 1.67. The standard InChI is InChI=1S/C14H29NO3/c1-5-9-15-14(4,13(16)17)8-6-7-10-18-11-12(2)3/h12,15H,5-11H2,1-4H3,(H,16,17). The molecule has 4 nitrogen and oxygen atoms in total. The molecule has 0 radical (unpaired) electrons. The number of carboxylic acids is 1. The number of hydrogen-bond acceptors (Lipinski definition) is 3. The molecule has 0 aliphatic heterocycles. The highest BCUT2D eigenvalue weighted by atomic mass is 16.5. The lowest BCUT2D eigenvalue weighted by Gasteiger charge is -2.26. The van der Waals surface area contributed by atoms with Gasteiger partial charge < -0.3 is 15.2 Å². The van der Waals surface area contributed by atoms with Gasteiger partial charge in [0.25, 0.3) is 0 Å². The van der Waals surface area contributed by atoms with E-state index in [9.17, 15) is 9.90 Å². The van der Waals surface area contributed by atoms with Crippen LogP contribution >= 0.6 is 0 Å². The van der Waals surface area contributed by atoms with E-state index in [1.54, 1.807) is 6.92 Å². The minimum absolute atomic E-state index is 0.556. The van der Waals surface area contributed by atoms with Crippen LogP contribution in [0.4, 0.5) is 0 Å². The lowest BCUT2D eigenvalue weighted by Crippen LogP contribution is -2.49. The predicted octanol–water partition coefficient (Wildman–Crippen LogP) is 2.67. The van der Waals surface area contributed by atoms with Gasteiger partial charge in [-0.15, -0.1) is 0 Å². The third-order valence-corrected chi connectivity index (χ3v) is 2.90. The summed E-state index contributed by atoms with van der Waals surface area (Å²) in [6, 6.07) is 0. The van der Waals surface area contributed by atoms with E-state index in [2.05, 4.69) is 19.2 Å². The smallest absolute Gasteiger partial charge is 0.323 e. The summed E-state index contributed by atoms with van der Waals surface area (Å²) in [6.07, 6.45) is 3.38. The van der Waals surface area contributed by atoms with Gasteiger partial charge in [-0.1, -0.05) is 20.8 Å². The van der Waals surface area contributed by atoms with Crippen molar-refractivity contribution in [1.82, 2.24) is 5.32 Å². The van der Waals surface area contributed by atoms with Crippen molar-refractivity contribution >= 4 is 5.97 Å². The number of unbranched alkanes of at least 4 members (excludes halogenated alkanes) is 1. The molecule has 0 saturated heterocycles. The molecule has 2 N–H and O–H groups in total. The third-order valence-electron chi connectivity index (χ3n) is 2.90. The maximum atomic E-state index is 11.2. The Hall–Kier alpha value is -0.610. The second-order valence-corrected chi connectivity index (χ2v) is 5.49. The van der Waals surface area contributed by atoms with Gasteiger partial charge in [0.1, 0.15) is 5.54 Å². The molecule has 108 valence electrons. The highest BCUT2D eigenvalue weighted by molar-refractivity contribution is 5.78. The van der Waals surface area contributed by atoms with Crippen LogP contribution < -0.4 is 5.32 Å². The Morgan fingerprint density at radius 2 is 2.06 bits per heavy atom. The molecule has 0 spiro atoms. The summed E-state index contributed by atoms with van der Waals surface area (Å²) < 4.78 is 5.48. The normalized spacial score (nSPS) is 14.7. The maximum Gasteiger partial charge on any atom is 0.323 e. The minimum Gasteiger partial charge on any atom is -0.480 e. The first-order valence-electron chi connectivity index (χ1n) is 6.98. The molecule has 0 aliphatic rings. The van der Waals surface area contributed by atoms with Gasteiger partial charge in [-0.2, -0.15) is 0 Å². The van der Waals surface area contributed by atoms with Crippen molar-refractivity contribution in [3.8, 4) is 0 Å². The van der Waals surface area contributed by atoms with Gasteiger partial charge in [-0.05, 0) is 45.1 Å². The van der Waals surface area contributed by atoms with Crippen molar-refractivity contribution in [2.45, 2.75) is 58.9 Å². The molecule has 0 aromatic heterocycles. The predicted molar refractivity (Wildman–Crippen MR) is 73.8 cm³/mol. The zero-order valence-electron chi connectivity index (χ0n) is 12.3. The molecule has 0 amide bonds. The van der Waals surface area contributed by atoms with Gasteiger partial charge in [0.05, 0.1) is 0 Å². The lowest BCUT2D eigenvalue weighted by molar-refractivity contribution is -0.144. The molecule has 4 heteroatoms. The molecule has 0 saturated carbocycles. The van der Waals surface area contributed by atoms with E-state index < -0.39 is 11.5 Å². The zero-order valence-corrected chi connectivity index (χ0v) is 12.3. The van der Waals surface area contributed by atoms with Crippen LogP contribution in [0.1, 0.15) is 53.4 Å². The van der Waals surface area contributed by atoms with E-state index in [4.69, 9.17) is 4.74 Å². The largest absolute Gasteiger partial charge is 0.480 e. The van der Waals surface area contributed by atoms with E-state index >= 15 is 0 Å². The molecular weight excluding hydrogens is 230 g/mol. The molecule has 0 heterocycles. The van der Waals surface area contributed by atoms with E-state index in [0.717, 1.165) is 39.0 Å². The van der Waals surface area contributed by atoms with Crippen LogP contribution in [0.25, 0.3) is 0 Å². The molecule has 1 unspecified atom stereocenters. The molecular formula is C14H29NO3. The third kappa shape index (κ3) is 7.67. The topological polar surface area (TPSA) is 58.6 Å². The average molecular weight is 259 g/mol. The van der Waals surface area contributed by atoms with Gasteiger partial charge >= 0.3 is 5.97 Å². The summed E-state index contributed by atoms with van der Waals surface area (Å²) >= 11 is 0.